The van der Waals surface area contributed by atoms with Crippen LogP contribution < -0.4 is 10.6 Å². The Kier molecular flexibility index (Phi) is 23.4. The molecule has 112 heavy (non-hydrogen) atoms. The van der Waals surface area contributed by atoms with Crippen LogP contribution in [0.25, 0.3) is 40.9 Å². The normalized spacial score (nSPS) is 21.2. The van der Waals surface area contributed by atoms with E-state index in [2.05, 4.69) is 163 Å². The molecule has 0 aliphatic carbocycles. The summed E-state index contributed by atoms with van der Waals surface area (Å²) in [5.74, 6) is 0. The summed E-state index contributed by atoms with van der Waals surface area (Å²) < 4.78 is 55.5. The molecule has 8 aliphatic rings. The fourth-order valence-electron chi connectivity index (χ4n) is 18.2. The minimum atomic E-state index is -3.05. The number of nitriles is 2. The SMILES string of the molecule is C[C@@H](c1ccc2scnc2c1)N1CCC2(CC1)CCN(S(C)(=O)=O)C2.C[C@@H](c1ccc2scnc2c1)N1CCC2(CC1)CN(Cc1ccc(C#N)cc1)C(=O)N2.C[C@H](c1ccc2scnc2c1)N1CCC2(CC1)CCN(S(C)(=O)=O)C2.C[C@H](c1ccc2scnc2c1)N1CCC2(CC1)CN(Cc1ccc(C#N)cc1)C(=O)N2. The van der Waals surface area contributed by atoms with Crippen molar-refractivity contribution >= 4 is 118 Å². The van der Waals surface area contributed by atoms with Gasteiger partial charge >= 0.3 is 12.1 Å². The summed E-state index contributed by atoms with van der Waals surface area (Å²) >= 11 is 6.71. The number of urea groups is 2. The van der Waals surface area contributed by atoms with E-state index in [4.69, 9.17) is 10.5 Å². The zero-order chi connectivity index (χ0) is 78.2. The van der Waals surface area contributed by atoms with Crippen molar-refractivity contribution in [3.05, 3.63) is 188 Å². The number of fused-ring (bicyclic) bond motifs is 4. The van der Waals surface area contributed by atoms with Crippen molar-refractivity contribution in [2.75, 3.05) is 104 Å². The molecule has 8 aliphatic heterocycles. The molecule has 8 fully saturated rings. The number of likely N-dealkylation sites (tertiary alicyclic amines) is 4. The van der Waals surface area contributed by atoms with E-state index in [0.717, 1.165) is 163 Å². The van der Waals surface area contributed by atoms with Gasteiger partial charge in [-0.15, -0.1) is 45.3 Å². The highest BCUT2D eigenvalue weighted by Gasteiger charge is 2.49. The summed E-state index contributed by atoms with van der Waals surface area (Å²) in [4.78, 5) is 57.0. The summed E-state index contributed by atoms with van der Waals surface area (Å²) in [5, 5.41) is 24.5. The predicted octanol–water partition coefficient (Wildman–Crippen LogP) is 14.8. The molecule has 6 aromatic carbocycles. The summed E-state index contributed by atoms with van der Waals surface area (Å²) in [6.45, 7) is 22.5. The van der Waals surface area contributed by atoms with Crippen molar-refractivity contribution in [2.45, 2.75) is 140 Å². The number of rotatable bonds is 14. The lowest BCUT2D eigenvalue weighted by Gasteiger charge is -2.42. The second-order valence-corrected chi connectivity index (χ2v) is 40.1. The third kappa shape index (κ3) is 17.8. The van der Waals surface area contributed by atoms with E-state index < -0.39 is 20.0 Å². The zero-order valence-electron chi connectivity index (χ0n) is 64.7. The van der Waals surface area contributed by atoms with Crippen LogP contribution >= 0.6 is 45.3 Å². The molecule has 8 saturated heterocycles. The highest BCUT2D eigenvalue weighted by Crippen LogP contribution is 2.46. The minimum absolute atomic E-state index is 0.0137. The van der Waals surface area contributed by atoms with Crippen molar-refractivity contribution in [1.82, 2.24) is 68.6 Å². The summed E-state index contributed by atoms with van der Waals surface area (Å²) in [7, 11) is -6.10. The number of nitrogens with zero attached hydrogens (tertiary/aromatic N) is 14. The van der Waals surface area contributed by atoms with Gasteiger partial charge in [0.25, 0.3) is 0 Å². The average molecular weight is 1620 g/mol. The average Bonchev–Trinajstić information content (AvgIpc) is 1.65. The summed E-state index contributed by atoms with van der Waals surface area (Å²) in [6.07, 6.45) is 12.8. The Hall–Kier alpha value is -7.94. The maximum atomic E-state index is 12.7. The second-order valence-electron chi connectivity index (χ2n) is 32.6. The van der Waals surface area contributed by atoms with Crippen molar-refractivity contribution in [3.8, 4) is 12.1 Å². The van der Waals surface area contributed by atoms with Gasteiger partial charge in [0.1, 0.15) is 0 Å². The topological polar surface area (TPSA) is 252 Å². The molecule has 4 atom stereocenters. The van der Waals surface area contributed by atoms with Crippen LogP contribution in [0.5, 0.6) is 0 Å². The van der Waals surface area contributed by atoms with Crippen LogP contribution in [0, 0.1) is 33.5 Å². The predicted molar refractivity (Wildman–Crippen MR) is 448 cm³/mol. The molecule has 0 unspecified atom stereocenters. The monoisotopic (exact) mass is 1620 g/mol. The van der Waals surface area contributed by atoms with Gasteiger partial charge in [-0.2, -0.15) is 10.5 Å². The molecule has 22 nitrogen and oxygen atoms in total. The largest absolute Gasteiger partial charge is 0.331 e. The molecule has 12 heterocycles. The Balaban J connectivity index is 0.000000119. The van der Waals surface area contributed by atoms with E-state index in [-0.39, 0.29) is 34.0 Å². The van der Waals surface area contributed by atoms with Crippen molar-refractivity contribution in [2.24, 2.45) is 10.8 Å². The zero-order valence-corrected chi connectivity index (χ0v) is 69.6. The quantitative estimate of drug-likeness (QED) is 0.103. The fraction of sp³-hybridized carbons (Fsp3) is 0.476. The first-order valence-corrected chi connectivity index (χ1v) is 46.4. The Morgan fingerprint density at radius 2 is 0.661 bits per heavy atom. The van der Waals surface area contributed by atoms with E-state index >= 15 is 0 Å². The number of piperidine rings is 4. The molecule has 28 heteroatoms. The summed E-state index contributed by atoms with van der Waals surface area (Å²) in [6, 6.07) is 47.0. The Morgan fingerprint density at radius 3 is 0.920 bits per heavy atom. The smallest absolute Gasteiger partial charge is 0.318 e. The first-order valence-electron chi connectivity index (χ1n) is 39.1. The molecule has 10 aromatic rings. The van der Waals surface area contributed by atoms with E-state index in [1.165, 1.54) is 53.6 Å². The maximum Gasteiger partial charge on any atom is 0.318 e. The van der Waals surface area contributed by atoms with Crippen LogP contribution in [0.4, 0.5) is 9.59 Å². The van der Waals surface area contributed by atoms with Gasteiger partial charge in [-0.05, 0) is 235 Å². The molecule has 0 saturated carbocycles. The number of sulfonamides is 2. The molecule has 4 aromatic heterocycles. The number of thiazole rings is 4. The molecule has 2 N–H and O–H groups in total. The van der Waals surface area contributed by atoms with Gasteiger partial charge in [0.15, 0.2) is 0 Å². The van der Waals surface area contributed by atoms with Gasteiger partial charge in [0.05, 0.1) is 110 Å². The number of carbonyl (C=O) groups is 2. The first-order chi connectivity index (χ1) is 53.8. The van der Waals surface area contributed by atoms with Gasteiger partial charge < -0.3 is 20.4 Å². The van der Waals surface area contributed by atoms with Crippen LogP contribution in [0.3, 0.4) is 0 Å². The van der Waals surface area contributed by atoms with Crippen LogP contribution in [-0.2, 0) is 33.1 Å². The number of hydrogen-bond donors (Lipinski definition) is 2. The fourth-order valence-corrected chi connectivity index (χ4v) is 22.7. The van der Waals surface area contributed by atoms with E-state index in [9.17, 15) is 26.4 Å². The lowest BCUT2D eigenvalue weighted by Crippen LogP contribution is -2.52. The number of hydrogen-bond acceptors (Lipinski definition) is 20. The number of nitrogens with one attached hydrogen (secondary N) is 2. The lowest BCUT2D eigenvalue weighted by molar-refractivity contribution is 0.0863. The van der Waals surface area contributed by atoms with Crippen molar-refractivity contribution < 1.29 is 26.4 Å². The van der Waals surface area contributed by atoms with Gasteiger partial charge in [0.2, 0.25) is 20.0 Å². The Labute approximate surface area is 674 Å². The maximum absolute atomic E-state index is 12.7. The van der Waals surface area contributed by atoms with E-state index in [1.807, 2.05) is 80.4 Å². The van der Waals surface area contributed by atoms with E-state index in [0.29, 0.717) is 74.6 Å². The molecular weight excluding hydrogens is 1520 g/mol. The minimum Gasteiger partial charge on any atom is -0.331 e. The van der Waals surface area contributed by atoms with Gasteiger partial charge in [-0.1, -0.05) is 48.5 Å². The second kappa shape index (κ2) is 33.1. The molecular formula is C84H100N16O6S6. The molecule has 4 amide bonds. The standard InChI is InChI=1S/2C24H25N5OS.2C18H25N3O2S2/c2*1-17(20-6-7-22-21(12-20)26-16-31-22)28-10-8-24(9-11-28)15-29(23(30)27-24)14-19-4-2-18(13-25)3-5-19;2*1-14(15-3-4-17-16(11-15)19-13-24-17)20-8-5-18(6-9-20)7-10-21(12-18)25(2,22)23/h2*2-7,12,16-17H,8-11,14-15H2,1H3,(H,27,30);2*3-4,11,13-14H,5-10,12H2,1-2H3/t2*17-;2*14-/m1010/s1. The van der Waals surface area contributed by atoms with Crippen LogP contribution in [-0.4, -0.2) is 202 Å². The Morgan fingerprint density at radius 1 is 0.393 bits per heavy atom. The number of carbonyl (C=O) groups excluding carboxylic acids is 2. The Bertz CT molecular complexity index is 5000. The summed E-state index contributed by atoms with van der Waals surface area (Å²) in [5.41, 5.74) is 20.6. The van der Waals surface area contributed by atoms with Gasteiger partial charge in [0, 0.05) is 103 Å². The molecule has 588 valence electrons. The highest BCUT2D eigenvalue weighted by molar-refractivity contribution is 7.88. The van der Waals surface area contributed by atoms with Gasteiger partial charge in [-0.25, -0.2) is 55.0 Å². The highest BCUT2D eigenvalue weighted by atomic mass is 32.2. The molecule has 0 radical (unpaired) electrons. The third-order valence-electron chi connectivity index (χ3n) is 25.7. The lowest BCUT2D eigenvalue weighted by atomic mass is 9.77. The number of amides is 4. The molecule has 18 rings (SSSR count). The molecule has 4 spiro atoms. The third-order valence-corrected chi connectivity index (χ3v) is 31.5. The van der Waals surface area contributed by atoms with E-state index in [1.54, 1.807) is 54.0 Å². The molecule has 0 bridgehead atoms. The number of benzene rings is 6. The van der Waals surface area contributed by atoms with Crippen LogP contribution in [0.15, 0.2) is 143 Å². The first kappa shape index (κ1) is 79.3. The van der Waals surface area contributed by atoms with Crippen LogP contribution in [0.1, 0.15) is 161 Å². The van der Waals surface area contributed by atoms with Crippen molar-refractivity contribution in [1.29, 1.82) is 10.5 Å². The van der Waals surface area contributed by atoms with Crippen LogP contribution in [0.2, 0.25) is 0 Å². The number of aromatic nitrogens is 4. The van der Waals surface area contributed by atoms with Gasteiger partial charge in [-0.3, -0.25) is 19.6 Å². The van der Waals surface area contributed by atoms with Crippen molar-refractivity contribution in [3.63, 3.8) is 0 Å².